The van der Waals surface area contributed by atoms with E-state index in [1.54, 1.807) is 6.07 Å². The molecule has 1 aliphatic heterocycles. The van der Waals surface area contributed by atoms with Crippen molar-refractivity contribution in [1.29, 1.82) is 0 Å². The number of benzene rings is 1. The van der Waals surface area contributed by atoms with E-state index >= 15 is 0 Å². The van der Waals surface area contributed by atoms with Crippen LogP contribution in [0.25, 0.3) is 6.08 Å². The molecular formula is C15H19NO2S. The van der Waals surface area contributed by atoms with Crippen LogP contribution in [0.15, 0.2) is 28.8 Å². The summed E-state index contributed by atoms with van der Waals surface area (Å²) in [5, 5.41) is 0. The lowest BCUT2D eigenvalue weighted by Gasteiger charge is -2.28. The second kappa shape index (κ2) is 4.67. The lowest BCUT2D eigenvalue weighted by atomic mass is 9.86. The first-order valence-corrected chi connectivity index (χ1v) is 8.40. The number of hydrogen-bond donors (Lipinski definition) is 1. The van der Waals surface area contributed by atoms with Gasteiger partial charge in [0.05, 0.1) is 4.90 Å². The van der Waals surface area contributed by atoms with Crippen LogP contribution in [0.3, 0.4) is 0 Å². The van der Waals surface area contributed by atoms with Crippen LogP contribution in [0.2, 0.25) is 0 Å². The molecule has 1 N–H and O–H groups in total. The van der Waals surface area contributed by atoms with Gasteiger partial charge in [0.2, 0.25) is 0 Å². The maximum atomic E-state index is 12.3. The molecule has 3 rings (SSSR count). The lowest BCUT2D eigenvalue weighted by Crippen LogP contribution is -2.31. The third-order valence-electron chi connectivity index (χ3n) is 4.06. The zero-order valence-corrected chi connectivity index (χ0v) is 12.0. The van der Waals surface area contributed by atoms with Crippen LogP contribution in [0.1, 0.15) is 43.2 Å². The molecular weight excluding hydrogens is 258 g/mol. The Morgan fingerprint density at radius 3 is 2.63 bits per heavy atom. The first kappa shape index (κ1) is 12.7. The number of sulfonamides is 1. The van der Waals surface area contributed by atoms with E-state index in [-0.39, 0.29) is 0 Å². The standard InChI is InChI=1S/C15H19NO2S/c1-11-7-8-15-13(9-11)10-14(16-19(15,17)18)12-5-3-2-4-6-12/h7-10,12,16H,2-6H2,1H3. The highest BCUT2D eigenvalue weighted by Gasteiger charge is 2.28. The van der Waals surface area contributed by atoms with Crippen molar-refractivity contribution in [2.45, 2.75) is 43.9 Å². The van der Waals surface area contributed by atoms with E-state index in [9.17, 15) is 8.42 Å². The van der Waals surface area contributed by atoms with Gasteiger partial charge in [-0.2, -0.15) is 0 Å². The predicted octanol–water partition coefficient (Wildman–Crippen LogP) is 3.21. The fourth-order valence-corrected chi connectivity index (χ4v) is 4.37. The molecule has 0 radical (unpaired) electrons. The van der Waals surface area contributed by atoms with E-state index in [1.165, 1.54) is 19.3 Å². The second-order valence-corrected chi connectivity index (χ2v) is 7.23. The molecule has 1 aromatic rings. The fourth-order valence-electron chi connectivity index (χ4n) is 3.05. The van der Waals surface area contributed by atoms with Crippen LogP contribution in [-0.2, 0) is 10.0 Å². The van der Waals surface area contributed by atoms with Gasteiger partial charge in [-0.3, -0.25) is 4.72 Å². The first-order valence-electron chi connectivity index (χ1n) is 6.91. The number of fused-ring (bicyclic) bond motifs is 1. The van der Waals surface area contributed by atoms with Gasteiger partial charge in [0.15, 0.2) is 0 Å². The summed E-state index contributed by atoms with van der Waals surface area (Å²) in [6, 6.07) is 5.50. The van der Waals surface area contributed by atoms with Gasteiger partial charge < -0.3 is 0 Å². The summed E-state index contributed by atoms with van der Waals surface area (Å²) in [4.78, 5) is 0.401. The van der Waals surface area contributed by atoms with Crippen molar-refractivity contribution in [3.63, 3.8) is 0 Å². The molecule has 0 amide bonds. The lowest BCUT2D eigenvalue weighted by molar-refractivity contribution is 0.396. The SMILES string of the molecule is Cc1ccc2c(c1)C=C(C1CCCCC1)NS2(=O)=O. The number of allylic oxidation sites excluding steroid dienone is 1. The quantitative estimate of drug-likeness (QED) is 0.856. The topological polar surface area (TPSA) is 46.2 Å². The Labute approximate surface area is 114 Å². The third kappa shape index (κ3) is 2.41. The molecule has 1 heterocycles. The summed E-state index contributed by atoms with van der Waals surface area (Å²) in [5.74, 6) is 0.372. The fraction of sp³-hybridized carbons (Fsp3) is 0.467. The molecule has 0 bridgehead atoms. The molecule has 1 aromatic carbocycles. The predicted molar refractivity (Wildman–Crippen MR) is 76.1 cm³/mol. The number of rotatable bonds is 1. The first-order chi connectivity index (χ1) is 9.06. The van der Waals surface area contributed by atoms with E-state index in [4.69, 9.17) is 0 Å². The van der Waals surface area contributed by atoms with Gasteiger partial charge in [0.25, 0.3) is 10.0 Å². The summed E-state index contributed by atoms with van der Waals surface area (Å²) in [7, 11) is -3.38. The molecule has 0 spiro atoms. The summed E-state index contributed by atoms with van der Waals surface area (Å²) < 4.78 is 27.3. The van der Waals surface area contributed by atoms with E-state index in [1.807, 2.05) is 25.1 Å². The molecule has 0 unspecified atom stereocenters. The van der Waals surface area contributed by atoms with E-state index in [0.717, 1.165) is 29.7 Å². The van der Waals surface area contributed by atoms with Crippen LogP contribution in [-0.4, -0.2) is 8.42 Å². The van der Waals surface area contributed by atoms with Gasteiger partial charge in [-0.1, -0.05) is 37.0 Å². The number of nitrogens with one attached hydrogen (secondary N) is 1. The van der Waals surface area contributed by atoms with Crippen molar-refractivity contribution in [3.05, 3.63) is 35.0 Å². The zero-order valence-electron chi connectivity index (χ0n) is 11.1. The normalized spacial score (nSPS) is 22.3. The number of aryl methyl sites for hydroxylation is 1. The van der Waals surface area contributed by atoms with Gasteiger partial charge in [-0.15, -0.1) is 0 Å². The van der Waals surface area contributed by atoms with Crippen LogP contribution in [0, 0.1) is 12.8 Å². The molecule has 4 heteroatoms. The minimum absolute atomic E-state index is 0.372. The van der Waals surface area contributed by atoms with Crippen molar-refractivity contribution in [2.24, 2.45) is 5.92 Å². The molecule has 2 aliphatic rings. The molecule has 0 saturated heterocycles. The molecule has 102 valence electrons. The molecule has 0 atom stereocenters. The maximum Gasteiger partial charge on any atom is 0.262 e. The Balaban J connectivity index is 2.04. The smallest absolute Gasteiger partial charge is 0.262 e. The van der Waals surface area contributed by atoms with Crippen molar-refractivity contribution >= 4 is 16.1 Å². The maximum absolute atomic E-state index is 12.3. The highest BCUT2D eigenvalue weighted by atomic mass is 32.2. The molecule has 1 saturated carbocycles. The van der Waals surface area contributed by atoms with Crippen LogP contribution < -0.4 is 4.72 Å². The number of hydrogen-bond acceptors (Lipinski definition) is 2. The molecule has 1 aliphatic carbocycles. The largest absolute Gasteiger partial charge is 0.283 e. The van der Waals surface area contributed by atoms with Gasteiger partial charge in [0.1, 0.15) is 0 Å². The van der Waals surface area contributed by atoms with Crippen molar-refractivity contribution in [3.8, 4) is 0 Å². The minimum atomic E-state index is -3.38. The van der Waals surface area contributed by atoms with Crippen molar-refractivity contribution in [1.82, 2.24) is 4.72 Å². The third-order valence-corrected chi connectivity index (χ3v) is 5.52. The summed E-state index contributed by atoms with van der Waals surface area (Å²) in [5.41, 5.74) is 2.81. The highest BCUT2D eigenvalue weighted by molar-refractivity contribution is 7.89. The van der Waals surface area contributed by atoms with Gasteiger partial charge >= 0.3 is 0 Å². The Kier molecular flexibility index (Phi) is 3.13. The van der Waals surface area contributed by atoms with Gasteiger partial charge in [-0.25, -0.2) is 8.42 Å². The molecule has 3 nitrogen and oxygen atoms in total. The average molecular weight is 277 g/mol. The Bertz CT molecular complexity index is 626. The molecule has 1 fully saturated rings. The van der Waals surface area contributed by atoms with Gasteiger partial charge in [0, 0.05) is 5.70 Å². The summed E-state index contributed by atoms with van der Waals surface area (Å²) in [6.07, 6.45) is 7.88. The summed E-state index contributed by atoms with van der Waals surface area (Å²) in [6.45, 7) is 1.99. The summed E-state index contributed by atoms with van der Waals surface area (Å²) >= 11 is 0. The highest BCUT2D eigenvalue weighted by Crippen LogP contribution is 2.34. The van der Waals surface area contributed by atoms with E-state index < -0.39 is 10.0 Å². The van der Waals surface area contributed by atoms with E-state index in [0.29, 0.717) is 10.8 Å². The monoisotopic (exact) mass is 277 g/mol. The second-order valence-electron chi connectivity index (χ2n) is 5.58. The minimum Gasteiger partial charge on any atom is -0.283 e. The van der Waals surface area contributed by atoms with Crippen molar-refractivity contribution < 1.29 is 8.42 Å². The van der Waals surface area contributed by atoms with E-state index in [2.05, 4.69) is 4.72 Å². The zero-order chi connectivity index (χ0) is 13.5. The Morgan fingerprint density at radius 1 is 1.16 bits per heavy atom. The Hall–Kier alpha value is -1.29. The van der Waals surface area contributed by atoms with Crippen LogP contribution in [0.5, 0.6) is 0 Å². The molecule has 19 heavy (non-hydrogen) atoms. The molecule has 0 aromatic heterocycles. The van der Waals surface area contributed by atoms with Crippen LogP contribution in [0.4, 0.5) is 0 Å². The van der Waals surface area contributed by atoms with Gasteiger partial charge in [-0.05, 0) is 43.4 Å². The van der Waals surface area contributed by atoms with Crippen LogP contribution >= 0.6 is 0 Å². The van der Waals surface area contributed by atoms with Crippen molar-refractivity contribution in [2.75, 3.05) is 0 Å². The Morgan fingerprint density at radius 2 is 1.89 bits per heavy atom. The average Bonchev–Trinajstić information content (AvgIpc) is 2.38.